The van der Waals surface area contributed by atoms with Crippen LogP contribution in [0.25, 0.3) is 0 Å². The summed E-state index contributed by atoms with van der Waals surface area (Å²) in [6, 6.07) is 0.923. The number of anilines is 1. The summed E-state index contributed by atoms with van der Waals surface area (Å²) in [6.07, 6.45) is -5.19. The van der Waals surface area contributed by atoms with Gasteiger partial charge in [0.2, 0.25) is 0 Å². The first-order chi connectivity index (χ1) is 8.12. The maximum Gasteiger partial charge on any atom is 0.471 e. The molecular weight excluding hydrogens is 262 g/mol. The van der Waals surface area contributed by atoms with Gasteiger partial charge in [-0.1, -0.05) is 0 Å². The van der Waals surface area contributed by atoms with Crippen LogP contribution in [0, 0.1) is 5.82 Å². The standard InChI is InChI=1S/C9H5F4NO4/c10-6-4(7(16)17)1-3(2-5(6)15)14-8(18)9(11,12)13/h1-2,15H,(H,14,18)(H,16,17). The highest BCUT2D eigenvalue weighted by atomic mass is 19.4. The number of halogens is 4. The van der Waals surface area contributed by atoms with E-state index >= 15 is 0 Å². The molecule has 0 fully saturated rings. The molecule has 0 aliphatic rings. The number of phenols is 1. The highest BCUT2D eigenvalue weighted by Crippen LogP contribution is 2.26. The molecule has 0 radical (unpaired) electrons. The molecule has 3 N–H and O–H groups in total. The van der Waals surface area contributed by atoms with Gasteiger partial charge in [-0.25, -0.2) is 9.18 Å². The topological polar surface area (TPSA) is 86.6 Å². The SMILES string of the molecule is O=C(O)c1cc(NC(=O)C(F)(F)F)cc(O)c1F. The van der Waals surface area contributed by atoms with Gasteiger partial charge in [-0.2, -0.15) is 13.2 Å². The fourth-order valence-electron chi connectivity index (χ4n) is 1.04. The van der Waals surface area contributed by atoms with E-state index in [0.717, 1.165) is 0 Å². The quantitative estimate of drug-likeness (QED) is 0.712. The summed E-state index contributed by atoms with van der Waals surface area (Å²) < 4.78 is 48.8. The minimum atomic E-state index is -5.19. The Balaban J connectivity index is 3.13. The number of aromatic carboxylic acids is 1. The molecule has 1 aromatic rings. The van der Waals surface area contributed by atoms with Gasteiger partial charge in [-0.15, -0.1) is 0 Å². The first-order valence-corrected chi connectivity index (χ1v) is 4.27. The second kappa shape index (κ2) is 4.51. The molecule has 0 aliphatic heterocycles. The van der Waals surface area contributed by atoms with Crippen molar-refractivity contribution in [2.45, 2.75) is 6.18 Å². The molecule has 0 saturated heterocycles. The minimum Gasteiger partial charge on any atom is -0.505 e. The number of carbonyl (C=O) groups excluding carboxylic acids is 1. The van der Waals surface area contributed by atoms with Crippen LogP contribution in [0.1, 0.15) is 10.4 Å². The number of carboxylic acid groups (broad SMARTS) is 1. The Bertz CT molecular complexity index is 512. The summed E-state index contributed by atoms with van der Waals surface area (Å²) in [7, 11) is 0. The third-order valence-electron chi connectivity index (χ3n) is 1.80. The van der Waals surface area contributed by atoms with E-state index in [-0.39, 0.29) is 0 Å². The Morgan fingerprint density at radius 2 is 1.78 bits per heavy atom. The lowest BCUT2D eigenvalue weighted by Gasteiger charge is -2.09. The average Bonchev–Trinajstić information content (AvgIpc) is 2.21. The van der Waals surface area contributed by atoms with Crippen LogP contribution in [-0.4, -0.2) is 28.3 Å². The Kier molecular flexibility index (Phi) is 3.44. The van der Waals surface area contributed by atoms with Crippen LogP contribution in [0.4, 0.5) is 23.2 Å². The Morgan fingerprint density at radius 3 is 2.22 bits per heavy atom. The number of carboxylic acids is 1. The molecule has 98 valence electrons. The molecule has 0 spiro atoms. The summed E-state index contributed by atoms with van der Waals surface area (Å²) in [5.74, 6) is -6.87. The molecular formula is C9H5F4NO4. The number of carbonyl (C=O) groups is 2. The Labute approximate surface area is 96.6 Å². The molecule has 0 saturated carbocycles. The van der Waals surface area contributed by atoms with Crippen molar-refractivity contribution in [3.63, 3.8) is 0 Å². The lowest BCUT2D eigenvalue weighted by molar-refractivity contribution is -0.167. The van der Waals surface area contributed by atoms with Crippen molar-refractivity contribution >= 4 is 17.6 Å². The maximum absolute atomic E-state index is 13.0. The van der Waals surface area contributed by atoms with Crippen LogP contribution in [0.3, 0.4) is 0 Å². The van der Waals surface area contributed by atoms with E-state index in [0.29, 0.717) is 12.1 Å². The third kappa shape index (κ3) is 2.87. The molecule has 1 aromatic carbocycles. The van der Waals surface area contributed by atoms with E-state index in [1.54, 1.807) is 0 Å². The molecule has 0 bridgehead atoms. The number of aromatic hydroxyl groups is 1. The molecule has 0 atom stereocenters. The summed E-state index contributed by atoms with van der Waals surface area (Å²) in [5.41, 5.74) is -1.75. The van der Waals surface area contributed by atoms with Crippen LogP contribution in [0.5, 0.6) is 5.75 Å². The van der Waals surface area contributed by atoms with Gasteiger partial charge >= 0.3 is 18.1 Å². The second-order valence-corrected chi connectivity index (χ2v) is 3.11. The van der Waals surface area contributed by atoms with E-state index < -0.39 is 40.9 Å². The molecule has 9 heteroatoms. The molecule has 18 heavy (non-hydrogen) atoms. The first-order valence-electron chi connectivity index (χ1n) is 4.27. The van der Waals surface area contributed by atoms with Crippen LogP contribution < -0.4 is 5.32 Å². The zero-order valence-electron chi connectivity index (χ0n) is 8.38. The zero-order valence-corrected chi connectivity index (χ0v) is 8.38. The van der Waals surface area contributed by atoms with Gasteiger partial charge in [0.15, 0.2) is 11.6 Å². The summed E-state index contributed by atoms with van der Waals surface area (Å²) in [5, 5.41) is 18.8. The lowest BCUT2D eigenvalue weighted by atomic mass is 10.1. The largest absolute Gasteiger partial charge is 0.505 e. The van der Waals surface area contributed by atoms with Crippen LogP contribution in [0.15, 0.2) is 12.1 Å². The average molecular weight is 267 g/mol. The van der Waals surface area contributed by atoms with Crippen molar-refractivity contribution < 1.29 is 37.4 Å². The van der Waals surface area contributed by atoms with Gasteiger partial charge in [0, 0.05) is 11.8 Å². The summed E-state index contributed by atoms with van der Waals surface area (Å²) in [6.45, 7) is 0. The van der Waals surface area contributed by atoms with Crippen LogP contribution in [-0.2, 0) is 4.79 Å². The van der Waals surface area contributed by atoms with Gasteiger partial charge in [0.1, 0.15) is 5.56 Å². The van der Waals surface area contributed by atoms with Crippen molar-refractivity contribution in [3.8, 4) is 5.75 Å². The predicted molar refractivity (Wildman–Crippen MR) is 49.7 cm³/mol. The van der Waals surface area contributed by atoms with E-state index in [1.807, 2.05) is 0 Å². The van der Waals surface area contributed by atoms with Crippen molar-refractivity contribution in [2.75, 3.05) is 5.32 Å². The Morgan fingerprint density at radius 1 is 1.22 bits per heavy atom. The second-order valence-electron chi connectivity index (χ2n) is 3.11. The van der Waals surface area contributed by atoms with Gasteiger partial charge < -0.3 is 15.5 Å². The van der Waals surface area contributed by atoms with Crippen molar-refractivity contribution in [2.24, 2.45) is 0 Å². The van der Waals surface area contributed by atoms with E-state index in [1.165, 1.54) is 5.32 Å². The fraction of sp³-hybridized carbons (Fsp3) is 0.111. The monoisotopic (exact) mass is 267 g/mol. The van der Waals surface area contributed by atoms with Gasteiger partial charge in [0.05, 0.1) is 0 Å². The lowest BCUT2D eigenvalue weighted by Crippen LogP contribution is -2.30. The molecule has 1 amide bonds. The highest BCUT2D eigenvalue weighted by Gasteiger charge is 2.38. The van der Waals surface area contributed by atoms with Crippen molar-refractivity contribution in [1.82, 2.24) is 0 Å². The highest BCUT2D eigenvalue weighted by molar-refractivity contribution is 5.97. The number of phenolic OH excluding ortho intramolecular Hbond substituents is 1. The summed E-state index contributed by atoms with van der Waals surface area (Å²) >= 11 is 0. The maximum atomic E-state index is 13.0. The molecule has 5 nitrogen and oxygen atoms in total. The van der Waals surface area contributed by atoms with E-state index in [4.69, 9.17) is 10.2 Å². The van der Waals surface area contributed by atoms with Crippen molar-refractivity contribution in [1.29, 1.82) is 0 Å². The number of benzene rings is 1. The zero-order chi connectivity index (χ0) is 14.1. The normalized spacial score (nSPS) is 11.1. The van der Waals surface area contributed by atoms with E-state index in [9.17, 15) is 27.2 Å². The Hall–Kier alpha value is -2.32. The molecule has 0 unspecified atom stereocenters. The van der Waals surface area contributed by atoms with E-state index in [2.05, 4.69) is 0 Å². The van der Waals surface area contributed by atoms with Crippen LogP contribution in [0.2, 0.25) is 0 Å². The molecule has 0 heterocycles. The van der Waals surface area contributed by atoms with Gasteiger partial charge in [-0.3, -0.25) is 4.79 Å². The van der Waals surface area contributed by atoms with Gasteiger partial charge in [-0.05, 0) is 6.07 Å². The number of hydrogen-bond acceptors (Lipinski definition) is 3. The smallest absolute Gasteiger partial charge is 0.471 e. The fourth-order valence-corrected chi connectivity index (χ4v) is 1.04. The molecule has 0 aliphatic carbocycles. The number of rotatable bonds is 2. The third-order valence-corrected chi connectivity index (χ3v) is 1.80. The number of hydrogen-bond donors (Lipinski definition) is 3. The number of nitrogens with one attached hydrogen (secondary N) is 1. The minimum absolute atomic E-state index is 0.459. The molecule has 1 rings (SSSR count). The first kappa shape index (κ1) is 13.7. The number of alkyl halides is 3. The summed E-state index contributed by atoms with van der Waals surface area (Å²) in [4.78, 5) is 21.1. The predicted octanol–water partition coefficient (Wildman–Crippen LogP) is 1.73. The number of amides is 1. The van der Waals surface area contributed by atoms with Crippen LogP contribution >= 0.6 is 0 Å². The van der Waals surface area contributed by atoms with Gasteiger partial charge in [0.25, 0.3) is 0 Å². The van der Waals surface area contributed by atoms with Crippen molar-refractivity contribution in [3.05, 3.63) is 23.5 Å². The molecule has 0 aromatic heterocycles.